The van der Waals surface area contributed by atoms with Crippen LogP contribution in [0.1, 0.15) is 11.1 Å². The van der Waals surface area contributed by atoms with Crippen molar-refractivity contribution in [2.45, 2.75) is 24.7 Å². The monoisotopic (exact) mass is 294 g/mol. The first kappa shape index (κ1) is 15.8. The maximum atomic E-state index is 12.9. The normalized spacial score (nSPS) is 12.7. The zero-order chi connectivity index (χ0) is 14.8. The van der Waals surface area contributed by atoms with E-state index in [-0.39, 0.29) is 10.6 Å². The van der Waals surface area contributed by atoms with Crippen molar-refractivity contribution in [1.29, 1.82) is 0 Å². The number of alkyl halides is 2. The van der Waals surface area contributed by atoms with E-state index in [0.717, 1.165) is 0 Å². The van der Waals surface area contributed by atoms with E-state index in [1.807, 2.05) is 0 Å². The first-order valence-electron chi connectivity index (χ1n) is 5.44. The zero-order valence-corrected chi connectivity index (χ0v) is 11.4. The molecule has 1 aromatic rings. The smallest absolute Gasteiger partial charge is 0.283 e. The van der Waals surface area contributed by atoms with Crippen LogP contribution in [0.15, 0.2) is 17.0 Å². The summed E-state index contributed by atoms with van der Waals surface area (Å²) in [5, 5.41) is 8.40. The molecule has 0 bridgehead atoms. The standard InChI is InChI=1S/C11H16F2N2O3S/c1-7-3-9(14)4-10(8(7)2)19(17,18)15-5-11(12,13)6-16/h3-4,15-16H,5-6,14H2,1-2H3. The number of halogens is 2. The molecule has 0 heterocycles. The summed E-state index contributed by atoms with van der Waals surface area (Å²) in [7, 11) is -4.10. The number of aryl methyl sites for hydroxylation is 1. The molecule has 0 atom stereocenters. The SMILES string of the molecule is Cc1cc(N)cc(S(=O)(=O)NCC(F)(F)CO)c1C. The molecule has 0 radical (unpaired) electrons. The molecule has 0 saturated heterocycles. The van der Waals surface area contributed by atoms with Crippen LogP contribution in [0, 0.1) is 13.8 Å². The van der Waals surface area contributed by atoms with Gasteiger partial charge in [-0.05, 0) is 37.1 Å². The average Bonchev–Trinajstić information content (AvgIpc) is 2.31. The number of aliphatic hydroxyl groups excluding tert-OH is 1. The summed E-state index contributed by atoms with van der Waals surface area (Å²) < 4.78 is 51.4. The lowest BCUT2D eigenvalue weighted by Crippen LogP contribution is -2.39. The number of nitrogens with two attached hydrogens (primary N) is 1. The van der Waals surface area contributed by atoms with Crippen molar-refractivity contribution in [1.82, 2.24) is 4.72 Å². The van der Waals surface area contributed by atoms with Gasteiger partial charge in [-0.25, -0.2) is 21.9 Å². The molecule has 8 heteroatoms. The van der Waals surface area contributed by atoms with E-state index in [4.69, 9.17) is 10.8 Å². The van der Waals surface area contributed by atoms with Crippen LogP contribution in [-0.2, 0) is 10.0 Å². The summed E-state index contributed by atoms with van der Waals surface area (Å²) in [6.07, 6.45) is 0. The highest BCUT2D eigenvalue weighted by Crippen LogP contribution is 2.22. The fourth-order valence-electron chi connectivity index (χ4n) is 1.47. The van der Waals surface area contributed by atoms with Crippen LogP contribution in [0.5, 0.6) is 0 Å². The Hall–Kier alpha value is -1.25. The first-order valence-corrected chi connectivity index (χ1v) is 6.92. The third-order valence-electron chi connectivity index (χ3n) is 2.68. The number of rotatable bonds is 5. The Labute approximate surface area is 110 Å². The molecule has 0 unspecified atom stereocenters. The summed E-state index contributed by atoms with van der Waals surface area (Å²) in [6.45, 7) is 0.643. The lowest BCUT2D eigenvalue weighted by atomic mass is 10.1. The van der Waals surface area contributed by atoms with Gasteiger partial charge in [0.2, 0.25) is 10.0 Å². The Kier molecular flexibility index (Phi) is 4.49. The van der Waals surface area contributed by atoms with Gasteiger partial charge in [0.25, 0.3) is 5.92 Å². The van der Waals surface area contributed by atoms with E-state index >= 15 is 0 Å². The second kappa shape index (κ2) is 5.40. The van der Waals surface area contributed by atoms with Crippen LogP contribution in [0.2, 0.25) is 0 Å². The van der Waals surface area contributed by atoms with Gasteiger partial charge in [0.15, 0.2) is 0 Å². The van der Waals surface area contributed by atoms with E-state index in [2.05, 4.69) is 0 Å². The zero-order valence-electron chi connectivity index (χ0n) is 10.6. The minimum atomic E-state index is -4.10. The van der Waals surface area contributed by atoms with E-state index in [1.54, 1.807) is 24.6 Å². The van der Waals surface area contributed by atoms with Gasteiger partial charge in [-0.1, -0.05) is 0 Å². The lowest BCUT2D eigenvalue weighted by Gasteiger charge is -2.16. The second-order valence-electron chi connectivity index (χ2n) is 4.30. The quantitative estimate of drug-likeness (QED) is 0.700. The fraction of sp³-hybridized carbons (Fsp3) is 0.455. The molecular weight excluding hydrogens is 278 g/mol. The van der Waals surface area contributed by atoms with Gasteiger partial charge in [0.05, 0.1) is 11.4 Å². The van der Waals surface area contributed by atoms with Gasteiger partial charge < -0.3 is 10.8 Å². The number of aliphatic hydroxyl groups is 1. The topological polar surface area (TPSA) is 92.4 Å². The molecule has 0 saturated carbocycles. The number of nitrogens with one attached hydrogen (secondary N) is 1. The lowest BCUT2D eigenvalue weighted by molar-refractivity contribution is -0.0437. The first-order chi connectivity index (χ1) is 8.59. The van der Waals surface area contributed by atoms with Crippen molar-refractivity contribution >= 4 is 15.7 Å². The van der Waals surface area contributed by atoms with Gasteiger partial charge >= 0.3 is 0 Å². The molecular formula is C11H16F2N2O3S. The van der Waals surface area contributed by atoms with Crippen LogP contribution in [0.25, 0.3) is 0 Å². The van der Waals surface area contributed by atoms with E-state index in [9.17, 15) is 17.2 Å². The van der Waals surface area contributed by atoms with Crippen LogP contribution < -0.4 is 10.5 Å². The molecule has 0 spiro atoms. The third kappa shape index (κ3) is 3.85. The molecule has 4 N–H and O–H groups in total. The Bertz CT molecular complexity index is 574. The van der Waals surface area contributed by atoms with Crippen LogP contribution in [0.4, 0.5) is 14.5 Å². The van der Waals surface area contributed by atoms with Crippen molar-refractivity contribution < 1.29 is 22.3 Å². The molecule has 19 heavy (non-hydrogen) atoms. The van der Waals surface area contributed by atoms with Gasteiger partial charge in [-0.3, -0.25) is 0 Å². The van der Waals surface area contributed by atoms with Crippen LogP contribution >= 0.6 is 0 Å². The fourth-order valence-corrected chi connectivity index (χ4v) is 2.88. The molecule has 1 aromatic carbocycles. The van der Waals surface area contributed by atoms with Gasteiger partial charge in [-0.2, -0.15) is 0 Å². The Balaban J connectivity index is 3.08. The van der Waals surface area contributed by atoms with E-state index in [1.165, 1.54) is 6.07 Å². The minimum Gasteiger partial charge on any atom is -0.399 e. The van der Waals surface area contributed by atoms with Crippen molar-refractivity contribution in [3.8, 4) is 0 Å². The van der Waals surface area contributed by atoms with Gasteiger partial charge in [0.1, 0.15) is 6.61 Å². The molecule has 0 aliphatic rings. The molecule has 108 valence electrons. The molecule has 0 aromatic heterocycles. The Morgan fingerprint density at radius 1 is 1.37 bits per heavy atom. The van der Waals surface area contributed by atoms with Gasteiger partial charge in [-0.15, -0.1) is 0 Å². The molecule has 0 fully saturated rings. The van der Waals surface area contributed by atoms with Gasteiger partial charge in [0, 0.05) is 5.69 Å². The second-order valence-corrected chi connectivity index (χ2v) is 6.03. The predicted octanol–water partition coefficient (Wildman–Crippen LogP) is 0.792. The van der Waals surface area contributed by atoms with Crippen LogP contribution in [-0.4, -0.2) is 32.6 Å². The largest absolute Gasteiger partial charge is 0.399 e. The van der Waals surface area contributed by atoms with Crippen molar-refractivity contribution in [2.24, 2.45) is 0 Å². The summed E-state index contributed by atoms with van der Waals surface area (Å²) in [4.78, 5) is -0.140. The molecule has 0 aliphatic heterocycles. The van der Waals surface area contributed by atoms with Crippen molar-refractivity contribution in [3.63, 3.8) is 0 Å². The highest BCUT2D eigenvalue weighted by molar-refractivity contribution is 7.89. The number of anilines is 1. The number of hydrogen-bond acceptors (Lipinski definition) is 4. The van der Waals surface area contributed by atoms with Crippen LogP contribution in [0.3, 0.4) is 0 Å². The molecule has 0 aliphatic carbocycles. The summed E-state index contributed by atoms with van der Waals surface area (Å²) >= 11 is 0. The maximum absolute atomic E-state index is 12.9. The molecule has 0 amide bonds. The minimum absolute atomic E-state index is 0.140. The Morgan fingerprint density at radius 3 is 2.47 bits per heavy atom. The van der Waals surface area contributed by atoms with Crippen molar-refractivity contribution in [2.75, 3.05) is 18.9 Å². The predicted molar refractivity (Wildman–Crippen MR) is 67.5 cm³/mol. The number of nitrogen functional groups attached to an aromatic ring is 1. The number of hydrogen-bond donors (Lipinski definition) is 3. The van der Waals surface area contributed by atoms with E-state index < -0.39 is 29.1 Å². The average molecular weight is 294 g/mol. The number of sulfonamides is 1. The summed E-state index contributed by atoms with van der Waals surface area (Å²) in [5.74, 6) is -3.50. The third-order valence-corrected chi connectivity index (χ3v) is 4.21. The molecule has 5 nitrogen and oxygen atoms in total. The molecule has 1 rings (SSSR count). The summed E-state index contributed by atoms with van der Waals surface area (Å²) in [6, 6.07) is 2.80. The van der Waals surface area contributed by atoms with Crippen molar-refractivity contribution in [3.05, 3.63) is 23.3 Å². The maximum Gasteiger partial charge on any atom is 0.283 e. The Morgan fingerprint density at radius 2 is 1.95 bits per heavy atom. The highest BCUT2D eigenvalue weighted by atomic mass is 32.2. The highest BCUT2D eigenvalue weighted by Gasteiger charge is 2.30. The summed E-state index contributed by atoms with van der Waals surface area (Å²) in [5.41, 5.74) is 6.87. The number of benzene rings is 1. The van der Waals surface area contributed by atoms with E-state index in [0.29, 0.717) is 11.1 Å².